The predicted molar refractivity (Wildman–Crippen MR) is 118 cm³/mol. The molecule has 0 aliphatic heterocycles. The minimum atomic E-state index is -0.452. The van der Waals surface area contributed by atoms with Crippen LogP contribution < -0.4 is 4.74 Å². The number of methoxy groups -OCH3 is 1. The molecule has 0 bridgehead atoms. The van der Waals surface area contributed by atoms with Crippen molar-refractivity contribution >= 4 is 17.1 Å². The van der Waals surface area contributed by atoms with Crippen molar-refractivity contribution in [1.29, 1.82) is 0 Å². The summed E-state index contributed by atoms with van der Waals surface area (Å²) in [6, 6.07) is 14.7. The molecule has 5 aromatic rings. The first-order valence-electron chi connectivity index (χ1n) is 9.53. The molecule has 0 radical (unpaired) electrons. The number of rotatable bonds is 4. The second-order valence-electron chi connectivity index (χ2n) is 6.99. The van der Waals surface area contributed by atoms with Crippen LogP contribution in [0.15, 0.2) is 67.1 Å². The highest BCUT2D eigenvalue weighted by Gasteiger charge is 2.23. The zero-order chi connectivity index (χ0) is 21.5. The number of fused-ring (bicyclic) bond motifs is 1. The monoisotopic (exact) mass is 433 g/mol. The highest BCUT2D eigenvalue weighted by Crippen LogP contribution is 2.41. The number of aryl methyl sites for hydroxylation is 1. The number of ether oxygens (including phenoxy) is 1. The van der Waals surface area contributed by atoms with E-state index in [1.807, 2.05) is 41.9 Å². The van der Waals surface area contributed by atoms with Gasteiger partial charge in [0.05, 0.1) is 7.11 Å². The fraction of sp³-hybridized carbons (Fsp3) is 0.0870. The summed E-state index contributed by atoms with van der Waals surface area (Å²) in [6.07, 6.45) is 5.23. The number of hydrogen-bond donors (Lipinski definition) is 0. The van der Waals surface area contributed by atoms with E-state index in [9.17, 15) is 0 Å². The molecule has 2 aromatic carbocycles. The van der Waals surface area contributed by atoms with E-state index in [4.69, 9.17) is 16.3 Å². The molecule has 0 saturated heterocycles. The van der Waals surface area contributed by atoms with Crippen LogP contribution in [0.2, 0.25) is 5.15 Å². The van der Waals surface area contributed by atoms with E-state index in [-0.39, 0.29) is 10.9 Å². The van der Waals surface area contributed by atoms with Gasteiger partial charge in [0.2, 0.25) is 5.82 Å². The molecule has 3 aromatic heterocycles. The lowest BCUT2D eigenvalue weighted by atomic mass is 9.97. The van der Waals surface area contributed by atoms with E-state index >= 15 is 4.39 Å². The maximum atomic E-state index is 15.2. The van der Waals surface area contributed by atoms with Crippen molar-refractivity contribution in [3.8, 4) is 39.7 Å². The number of imidazole rings is 1. The van der Waals surface area contributed by atoms with Gasteiger partial charge in [-0.15, -0.1) is 5.10 Å². The van der Waals surface area contributed by atoms with Gasteiger partial charge in [0.15, 0.2) is 22.5 Å². The third kappa shape index (κ3) is 3.14. The Bertz CT molecular complexity index is 1410. The normalized spacial score (nSPS) is 11.2. The lowest BCUT2D eigenvalue weighted by molar-refractivity contribution is 0.387. The summed E-state index contributed by atoms with van der Waals surface area (Å²) in [4.78, 5) is 8.79. The molecule has 0 aliphatic carbocycles. The van der Waals surface area contributed by atoms with Gasteiger partial charge in [0, 0.05) is 42.3 Å². The van der Waals surface area contributed by atoms with Gasteiger partial charge in [-0.3, -0.25) is 0 Å². The van der Waals surface area contributed by atoms with Crippen LogP contribution in [0.3, 0.4) is 0 Å². The van der Waals surface area contributed by atoms with Gasteiger partial charge in [-0.1, -0.05) is 54.1 Å². The van der Waals surface area contributed by atoms with Crippen molar-refractivity contribution in [3.05, 3.63) is 78.1 Å². The van der Waals surface area contributed by atoms with Crippen LogP contribution in [0.25, 0.3) is 39.4 Å². The van der Waals surface area contributed by atoms with Crippen LogP contribution >= 0.6 is 11.6 Å². The first-order chi connectivity index (χ1) is 15.1. The summed E-state index contributed by atoms with van der Waals surface area (Å²) in [5, 5.41) is 4.88. The van der Waals surface area contributed by atoms with Crippen molar-refractivity contribution in [2.45, 2.75) is 0 Å². The van der Waals surface area contributed by atoms with E-state index < -0.39 is 5.82 Å². The minimum Gasteiger partial charge on any atom is -0.494 e. The van der Waals surface area contributed by atoms with Gasteiger partial charge in [-0.05, 0) is 11.6 Å². The highest BCUT2D eigenvalue weighted by molar-refractivity contribution is 6.33. The third-order valence-corrected chi connectivity index (χ3v) is 5.41. The van der Waals surface area contributed by atoms with Crippen LogP contribution in [-0.2, 0) is 7.05 Å². The summed E-state index contributed by atoms with van der Waals surface area (Å²) in [5.41, 5.74) is 3.22. The first kappa shape index (κ1) is 19.3. The average molecular weight is 434 g/mol. The molecule has 31 heavy (non-hydrogen) atoms. The summed E-state index contributed by atoms with van der Waals surface area (Å²) >= 11 is 6.66. The molecule has 3 heterocycles. The van der Waals surface area contributed by atoms with Crippen molar-refractivity contribution in [2.24, 2.45) is 7.05 Å². The minimum absolute atomic E-state index is 0.164. The van der Waals surface area contributed by atoms with Gasteiger partial charge in [-0.25, -0.2) is 18.9 Å². The van der Waals surface area contributed by atoms with Crippen LogP contribution in [-0.4, -0.2) is 31.3 Å². The van der Waals surface area contributed by atoms with Crippen LogP contribution in [0.4, 0.5) is 4.39 Å². The standard InChI is InChI=1S/C23H17ClFN5O/c1-29-12-11-26-23(29)22-27-21(24)20-18(14-7-4-3-5-8-14)16(13-30(20)28-22)15-9-6-10-17(31-2)19(15)25/h3-13H,1-2H3. The topological polar surface area (TPSA) is 57.2 Å². The van der Waals surface area contributed by atoms with Gasteiger partial charge in [0.25, 0.3) is 0 Å². The largest absolute Gasteiger partial charge is 0.494 e. The van der Waals surface area contributed by atoms with Gasteiger partial charge in [-0.2, -0.15) is 0 Å². The molecule has 8 heteroatoms. The Labute approximate surface area is 182 Å². The zero-order valence-corrected chi connectivity index (χ0v) is 17.5. The molecule has 0 atom stereocenters. The molecule has 0 unspecified atom stereocenters. The average Bonchev–Trinajstić information content (AvgIpc) is 3.38. The SMILES string of the molecule is COc1cccc(-c2cn3nc(-c4nccn4C)nc(Cl)c3c2-c2ccccc2)c1F. The molecular formula is C23H17ClFN5O. The number of benzene rings is 2. The lowest BCUT2D eigenvalue weighted by Crippen LogP contribution is -2.02. The van der Waals surface area contributed by atoms with Crippen molar-refractivity contribution in [2.75, 3.05) is 7.11 Å². The summed E-state index contributed by atoms with van der Waals surface area (Å²) in [5.74, 6) is 0.661. The molecule has 5 rings (SSSR count). The van der Waals surface area contributed by atoms with Crippen LogP contribution in [0, 0.1) is 5.82 Å². The Hall–Kier alpha value is -3.71. The van der Waals surface area contributed by atoms with Crippen molar-refractivity contribution in [1.82, 2.24) is 24.1 Å². The van der Waals surface area contributed by atoms with E-state index in [1.54, 1.807) is 41.3 Å². The van der Waals surface area contributed by atoms with E-state index in [1.165, 1.54) is 7.11 Å². The molecule has 0 N–H and O–H groups in total. The Balaban J connectivity index is 1.85. The molecule has 0 spiro atoms. The zero-order valence-electron chi connectivity index (χ0n) is 16.8. The Morgan fingerprint density at radius 1 is 1.03 bits per heavy atom. The predicted octanol–water partition coefficient (Wildman–Crippen LogP) is 5.26. The van der Waals surface area contributed by atoms with E-state index in [2.05, 4.69) is 15.1 Å². The summed E-state index contributed by atoms with van der Waals surface area (Å²) in [6.45, 7) is 0. The Morgan fingerprint density at radius 2 is 1.84 bits per heavy atom. The highest BCUT2D eigenvalue weighted by atomic mass is 35.5. The van der Waals surface area contributed by atoms with Crippen molar-refractivity contribution in [3.63, 3.8) is 0 Å². The lowest BCUT2D eigenvalue weighted by Gasteiger charge is -2.09. The second-order valence-corrected chi connectivity index (χ2v) is 7.34. The summed E-state index contributed by atoms with van der Waals surface area (Å²) < 4.78 is 23.8. The molecule has 0 amide bonds. The molecule has 0 aliphatic rings. The molecule has 154 valence electrons. The van der Waals surface area contributed by atoms with Crippen molar-refractivity contribution < 1.29 is 9.13 Å². The molecule has 0 saturated carbocycles. The Morgan fingerprint density at radius 3 is 2.55 bits per heavy atom. The fourth-order valence-electron chi connectivity index (χ4n) is 3.69. The first-order valence-corrected chi connectivity index (χ1v) is 9.91. The smallest absolute Gasteiger partial charge is 0.217 e. The molecule has 0 fully saturated rings. The third-order valence-electron chi connectivity index (χ3n) is 5.15. The van der Waals surface area contributed by atoms with Gasteiger partial charge >= 0.3 is 0 Å². The second kappa shape index (κ2) is 7.52. The number of halogens is 2. The quantitative estimate of drug-likeness (QED) is 0.387. The molecular weight excluding hydrogens is 417 g/mol. The Kier molecular flexibility index (Phi) is 4.67. The number of aromatic nitrogens is 5. The maximum Gasteiger partial charge on any atom is 0.217 e. The van der Waals surface area contributed by atoms with Gasteiger partial charge < -0.3 is 9.30 Å². The number of hydrogen-bond acceptors (Lipinski definition) is 4. The van der Waals surface area contributed by atoms with Crippen LogP contribution in [0.5, 0.6) is 5.75 Å². The van der Waals surface area contributed by atoms with Crippen LogP contribution in [0.1, 0.15) is 0 Å². The van der Waals surface area contributed by atoms with E-state index in [0.29, 0.717) is 28.3 Å². The van der Waals surface area contributed by atoms with Gasteiger partial charge in [0.1, 0.15) is 5.52 Å². The summed E-state index contributed by atoms with van der Waals surface area (Å²) in [7, 11) is 3.30. The number of nitrogens with zero attached hydrogens (tertiary/aromatic N) is 5. The fourth-order valence-corrected chi connectivity index (χ4v) is 3.96. The van der Waals surface area contributed by atoms with E-state index in [0.717, 1.165) is 11.1 Å². The molecule has 6 nitrogen and oxygen atoms in total. The maximum absolute atomic E-state index is 15.2.